The van der Waals surface area contributed by atoms with Crippen molar-refractivity contribution in [2.24, 2.45) is 0 Å². The van der Waals surface area contributed by atoms with Crippen LogP contribution in [0.15, 0.2) is 133 Å². The standard InChI is InChI=1S/C33H31NO4SSi/c1-36-26-22-20-25(21-23-26)34-31(30-19-12-24-39-30)32(33(35)37-2)38-40(27-13-6-3-7-14-27,28-15-8-4-9-16-28)29-17-10-5-11-18-29/h3-24,31-32,34H,1-2H3/t31-,32+/m1/s1. The summed E-state index contributed by atoms with van der Waals surface area (Å²) in [5, 5.41) is 8.69. The van der Waals surface area contributed by atoms with Crippen molar-refractivity contribution >= 4 is 46.9 Å². The molecule has 2 atom stereocenters. The molecule has 0 aliphatic rings. The lowest BCUT2D eigenvalue weighted by atomic mass is 10.1. The van der Waals surface area contributed by atoms with Crippen molar-refractivity contribution in [2.75, 3.05) is 19.5 Å². The summed E-state index contributed by atoms with van der Waals surface area (Å²) in [4.78, 5) is 14.7. The van der Waals surface area contributed by atoms with Gasteiger partial charge in [0, 0.05) is 10.6 Å². The van der Waals surface area contributed by atoms with E-state index in [0.29, 0.717) is 0 Å². The number of esters is 1. The first-order chi connectivity index (χ1) is 19.7. The Labute approximate surface area is 240 Å². The zero-order valence-corrected chi connectivity index (χ0v) is 24.2. The molecule has 5 aromatic rings. The van der Waals surface area contributed by atoms with Crippen molar-refractivity contribution in [3.63, 3.8) is 0 Å². The molecule has 0 saturated heterocycles. The summed E-state index contributed by atoms with van der Waals surface area (Å²) >= 11 is 1.57. The van der Waals surface area contributed by atoms with Crippen molar-refractivity contribution in [1.29, 1.82) is 0 Å². The molecule has 0 saturated carbocycles. The summed E-state index contributed by atoms with van der Waals surface area (Å²) in [7, 11) is -0.180. The number of hydrogen-bond donors (Lipinski definition) is 1. The Morgan fingerprint density at radius 3 is 1.65 bits per heavy atom. The van der Waals surface area contributed by atoms with Crippen LogP contribution in [-0.2, 0) is 14.0 Å². The number of methoxy groups -OCH3 is 2. The summed E-state index contributed by atoms with van der Waals surface area (Å²) in [6.07, 6.45) is -0.960. The maximum atomic E-state index is 13.7. The van der Waals surface area contributed by atoms with Gasteiger partial charge in [-0.1, -0.05) is 97.1 Å². The van der Waals surface area contributed by atoms with Crippen LogP contribution in [0.1, 0.15) is 10.9 Å². The predicted molar refractivity (Wildman–Crippen MR) is 165 cm³/mol. The highest BCUT2D eigenvalue weighted by Crippen LogP contribution is 2.31. The normalized spacial score (nSPS) is 12.8. The van der Waals surface area contributed by atoms with Crippen LogP contribution in [0, 0.1) is 0 Å². The highest BCUT2D eigenvalue weighted by atomic mass is 32.1. The predicted octanol–water partition coefficient (Wildman–Crippen LogP) is 5.14. The van der Waals surface area contributed by atoms with Crippen molar-refractivity contribution < 1.29 is 18.7 Å². The van der Waals surface area contributed by atoms with E-state index in [4.69, 9.17) is 13.9 Å². The molecule has 1 heterocycles. The van der Waals surface area contributed by atoms with Crippen LogP contribution in [0.5, 0.6) is 5.75 Å². The first-order valence-electron chi connectivity index (χ1n) is 13.0. The number of ether oxygens (including phenoxy) is 2. The maximum Gasteiger partial charge on any atom is 0.336 e. The van der Waals surface area contributed by atoms with Crippen LogP contribution < -0.4 is 25.6 Å². The molecular weight excluding hydrogens is 535 g/mol. The molecular formula is C33H31NO4SSi. The molecule has 0 aliphatic heterocycles. The highest BCUT2D eigenvalue weighted by Gasteiger charge is 2.47. The van der Waals surface area contributed by atoms with Gasteiger partial charge >= 0.3 is 5.97 Å². The zero-order valence-electron chi connectivity index (χ0n) is 22.4. The Hall–Kier alpha value is -4.17. The van der Waals surface area contributed by atoms with E-state index >= 15 is 0 Å². The zero-order chi connectivity index (χ0) is 27.8. The van der Waals surface area contributed by atoms with Gasteiger partial charge in [0.2, 0.25) is 0 Å². The summed E-state index contributed by atoms with van der Waals surface area (Å²) in [5.41, 5.74) is 0.836. The van der Waals surface area contributed by atoms with E-state index in [1.807, 2.05) is 96.4 Å². The van der Waals surface area contributed by atoms with Crippen LogP contribution in [0.2, 0.25) is 0 Å². The van der Waals surface area contributed by atoms with Crippen molar-refractivity contribution in [1.82, 2.24) is 0 Å². The van der Waals surface area contributed by atoms with Crippen molar-refractivity contribution in [3.8, 4) is 5.75 Å². The third-order valence-corrected chi connectivity index (χ3v) is 11.8. The SMILES string of the molecule is COC(=O)[C@@H](O[Si](c1ccccc1)(c1ccccc1)c1ccccc1)[C@H](Nc1ccc(OC)cc1)c1cccs1. The van der Waals surface area contributed by atoms with Gasteiger partial charge in [-0.15, -0.1) is 11.3 Å². The minimum Gasteiger partial charge on any atom is -0.497 e. The molecule has 202 valence electrons. The van der Waals surface area contributed by atoms with Gasteiger partial charge < -0.3 is 19.2 Å². The fourth-order valence-electron chi connectivity index (χ4n) is 4.91. The summed E-state index contributed by atoms with van der Waals surface area (Å²) < 4.78 is 18.1. The molecule has 1 aromatic heterocycles. The summed E-state index contributed by atoms with van der Waals surface area (Å²) in [6, 6.07) is 41.8. The summed E-state index contributed by atoms with van der Waals surface area (Å²) in [6.45, 7) is 0. The molecule has 40 heavy (non-hydrogen) atoms. The van der Waals surface area contributed by atoms with E-state index in [-0.39, 0.29) is 0 Å². The van der Waals surface area contributed by atoms with Gasteiger partial charge in [0.25, 0.3) is 8.32 Å². The fraction of sp³-hybridized carbons (Fsp3) is 0.121. The topological polar surface area (TPSA) is 56.8 Å². The molecule has 0 fully saturated rings. The van der Waals surface area contributed by atoms with Crippen LogP contribution in [0.25, 0.3) is 0 Å². The number of nitrogens with one attached hydrogen (secondary N) is 1. The van der Waals surface area contributed by atoms with E-state index in [0.717, 1.165) is 31.9 Å². The van der Waals surface area contributed by atoms with Crippen molar-refractivity contribution in [3.05, 3.63) is 138 Å². The molecule has 0 aliphatic carbocycles. The molecule has 1 N–H and O–H groups in total. The lowest BCUT2D eigenvalue weighted by molar-refractivity contribution is -0.149. The van der Waals surface area contributed by atoms with Crippen LogP contribution >= 0.6 is 11.3 Å². The van der Waals surface area contributed by atoms with Gasteiger partial charge in [-0.05, 0) is 51.3 Å². The molecule has 0 unspecified atom stereocenters. The number of carbonyl (C=O) groups is 1. The molecule has 5 rings (SSSR count). The summed E-state index contributed by atoms with van der Waals surface area (Å²) in [5.74, 6) is 0.307. The van der Waals surface area contributed by atoms with E-state index in [9.17, 15) is 4.79 Å². The average Bonchev–Trinajstić information content (AvgIpc) is 3.57. The minimum absolute atomic E-state index is 0.445. The quantitative estimate of drug-likeness (QED) is 0.137. The first kappa shape index (κ1) is 27.4. The maximum absolute atomic E-state index is 13.7. The van der Waals surface area contributed by atoms with Gasteiger partial charge in [-0.3, -0.25) is 0 Å². The van der Waals surface area contributed by atoms with Gasteiger partial charge in [-0.25, -0.2) is 4.79 Å². The van der Waals surface area contributed by atoms with Gasteiger partial charge in [0.1, 0.15) is 5.75 Å². The second-order valence-corrected chi connectivity index (χ2v) is 13.5. The number of hydrogen-bond acceptors (Lipinski definition) is 6. The third kappa shape index (κ3) is 5.72. The number of benzene rings is 4. The molecule has 7 heteroatoms. The molecule has 0 amide bonds. The monoisotopic (exact) mass is 565 g/mol. The van der Waals surface area contributed by atoms with Gasteiger partial charge in [0.15, 0.2) is 6.10 Å². The Bertz CT molecular complexity index is 1380. The highest BCUT2D eigenvalue weighted by molar-refractivity contribution is 7.10. The number of rotatable bonds is 11. The molecule has 0 bridgehead atoms. The van der Waals surface area contributed by atoms with Crippen LogP contribution in [0.3, 0.4) is 0 Å². The number of thiophene rings is 1. The second kappa shape index (κ2) is 12.8. The smallest absolute Gasteiger partial charge is 0.336 e. The van der Waals surface area contributed by atoms with Crippen LogP contribution in [-0.4, -0.2) is 34.6 Å². The molecule has 0 spiro atoms. The second-order valence-electron chi connectivity index (χ2n) is 9.21. The Balaban J connectivity index is 1.69. The third-order valence-electron chi connectivity index (χ3n) is 6.84. The molecule has 4 aromatic carbocycles. The van der Waals surface area contributed by atoms with E-state index < -0.39 is 26.4 Å². The Morgan fingerprint density at radius 1 is 0.700 bits per heavy atom. The first-order valence-corrected chi connectivity index (χ1v) is 15.8. The number of carbonyl (C=O) groups excluding carboxylic acids is 1. The lowest BCUT2D eigenvalue weighted by Crippen LogP contribution is -2.71. The Kier molecular flexibility index (Phi) is 8.76. The molecule has 0 radical (unpaired) electrons. The number of anilines is 1. The van der Waals surface area contributed by atoms with E-state index in [1.54, 1.807) is 18.4 Å². The average molecular weight is 566 g/mol. The van der Waals surface area contributed by atoms with Gasteiger partial charge in [0.05, 0.1) is 20.3 Å². The largest absolute Gasteiger partial charge is 0.497 e. The lowest BCUT2D eigenvalue weighted by Gasteiger charge is -2.38. The van der Waals surface area contributed by atoms with Crippen LogP contribution in [0.4, 0.5) is 5.69 Å². The fourth-order valence-corrected chi connectivity index (χ4v) is 9.72. The van der Waals surface area contributed by atoms with Gasteiger partial charge in [-0.2, -0.15) is 0 Å². The van der Waals surface area contributed by atoms with E-state index in [1.165, 1.54) is 7.11 Å². The molecule has 5 nitrogen and oxygen atoms in total. The minimum atomic E-state index is -3.23. The van der Waals surface area contributed by atoms with Crippen molar-refractivity contribution in [2.45, 2.75) is 12.1 Å². The Morgan fingerprint density at radius 2 is 1.23 bits per heavy atom. The van der Waals surface area contributed by atoms with E-state index in [2.05, 4.69) is 41.7 Å².